The Morgan fingerprint density at radius 3 is 2.14 bits per heavy atom. The fraction of sp³-hybridized carbons (Fsp3) is 0.385. The van der Waals surface area contributed by atoms with E-state index in [-0.39, 0.29) is 11.6 Å². The highest BCUT2D eigenvalue weighted by Gasteiger charge is 2.14. The number of rotatable bonds is 6. The molecular formula is C13H17N3O5. The van der Waals surface area contributed by atoms with Crippen molar-refractivity contribution < 1.29 is 19.6 Å². The van der Waals surface area contributed by atoms with Crippen LogP contribution in [0.15, 0.2) is 24.3 Å². The fourth-order valence-corrected chi connectivity index (χ4v) is 1.69. The van der Waals surface area contributed by atoms with Crippen LogP contribution in [0.25, 0.3) is 0 Å². The van der Waals surface area contributed by atoms with Gasteiger partial charge in [-0.25, -0.2) is 4.79 Å². The molecule has 0 heterocycles. The Balaban J connectivity index is 2.54. The summed E-state index contributed by atoms with van der Waals surface area (Å²) in [6.45, 7) is 0.723. The summed E-state index contributed by atoms with van der Waals surface area (Å²) in [5.74, 6) is -0.261. The summed E-state index contributed by atoms with van der Waals surface area (Å²) >= 11 is 0. The molecule has 0 saturated heterocycles. The van der Waals surface area contributed by atoms with Gasteiger partial charge in [-0.2, -0.15) is 0 Å². The molecule has 2 amide bonds. The number of carboxylic acid groups (broad SMARTS) is 1. The van der Waals surface area contributed by atoms with Crippen LogP contribution in [0.3, 0.4) is 0 Å². The Bertz CT molecular complexity index is 529. The molecule has 0 saturated carbocycles. The van der Waals surface area contributed by atoms with Gasteiger partial charge in [0.2, 0.25) is 0 Å². The van der Waals surface area contributed by atoms with Gasteiger partial charge in [0.05, 0.1) is 4.92 Å². The minimum atomic E-state index is -1.01. The van der Waals surface area contributed by atoms with E-state index in [0.717, 1.165) is 4.90 Å². The maximum absolute atomic E-state index is 12.1. The van der Waals surface area contributed by atoms with Crippen molar-refractivity contribution in [2.75, 3.05) is 27.2 Å². The van der Waals surface area contributed by atoms with E-state index in [1.54, 1.807) is 7.05 Å². The minimum Gasteiger partial charge on any atom is -0.465 e. The summed E-state index contributed by atoms with van der Waals surface area (Å²) < 4.78 is 0. The van der Waals surface area contributed by atoms with E-state index in [9.17, 15) is 19.7 Å². The lowest BCUT2D eigenvalue weighted by molar-refractivity contribution is -0.384. The average molecular weight is 295 g/mol. The van der Waals surface area contributed by atoms with Crippen molar-refractivity contribution in [3.8, 4) is 0 Å². The molecule has 21 heavy (non-hydrogen) atoms. The summed E-state index contributed by atoms with van der Waals surface area (Å²) in [5, 5.41) is 19.2. The molecule has 1 rings (SSSR count). The van der Waals surface area contributed by atoms with Crippen molar-refractivity contribution in [1.82, 2.24) is 9.80 Å². The minimum absolute atomic E-state index is 0.0720. The summed E-state index contributed by atoms with van der Waals surface area (Å²) in [5.41, 5.74) is 0.284. The van der Waals surface area contributed by atoms with Crippen LogP contribution in [-0.4, -0.2) is 59.0 Å². The lowest BCUT2D eigenvalue weighted by Gasteiger charge is -2.19. The predicted octanol–water partition coefficient (Wildman–Crippen LogP) is 1.67. The summed E-state index contributed by atoms with van der Waals surface area (Å²) in [6.07, 6.45) is -0.503. The Morgan fingerprint density at radius 2 is 1.67 bits per heavy atom. The lowest BCUT2D eigenvalue weighted by Crippen LogP contribution is -2.32. The second-order valence-corrected chi connectivity index (χ2v) is 4.59. The van der Waals surface area contributed by atoms with Gasteiger partial charge in [0.1, 0.15) is 0 Å². The predicted molar refractivity (Wildman–Crippen MR) is 75.3 cm³/mol. The normalized spacial score (nSPS) is 10.0. The van der Waals surface area contributed by atoms with E-state index in [0.29, 0.717) is 25.1 Å². The number of nitrogens with zero attached hydrogens (tertiary/aromatic N) is 3. The first kappa shape index (κ1) is 16.4. The van der Waals surface area contributed by atoms with E-state index in [1.165, 1.54) is 36.2 Å². The quantitative estimate of drug-likeness (QED) is 0.635. The molecule has 0 aliphatic carbocycles. The molecule has 0 aliphatic heterocycles. The highest BCUT2D eigenvalue weighted by molar-refractivity contribution is 5.94. The van der Waals surface area contributed by atoms with E-state index in [2.05, 4.69) is 0 Å². The molecule has 1 N–H and O–H groups in total. The number of amides is 2. The molecule has 8 nitrogen and oxygen atoms in total. The zero-order valence-electron chi connectivity index (χ0n) is 11.9. The Kier molecular flexibility index (Phi) is 5.65. The van der Waals surface area contributed by atoms with Crippen LogP contribution in [0.1, 0.15) is 16.8 Å². The zero-order chi connectivity index (χ0) is 16.0. The number of non-ortho nitro benzene ring substituents is 1. The molecular weight excluding hydrogens is 278 g/mol. The summed E-state index contributed by atoms with van der Waals surface area (Å²) in [4.78, 5) is 35.3. The summed E-state index contributed by atoms with van der Waals surface area (Å²) in [7, 11) is 3.06. The lowest BCUT2D eigenvalue weighted by atomic mass is 10.2. The first-order chi connectivity index (χ1) is 9.82. The van der Waals surface area contributed by atoms with Gasteiger partial charge in [0.15, 0.2) is 0 Å². The van der Waals surface area contributed by atoms with Gasteiger partial charge in [0, 0.05) is 44.9 Å². The SMILES string of the molecule is CN(CCCN(C)C(=O)c1ccc([N+](=O)[O-])cc1)C(=O)O. The van der Waals surface area contributed by atoms with Crippen molar-refractivity contribution in [2.24, 2.45) is 0 Å². The molecule has 0 bridgehead atoms. The first-order valence-corrected chi connectivity index (χ1v) is 6.27. The van der Waals surface area contributed by atoms with Gasteiger partial charge >= 0.3 is 6.09 Å². The first-order valence-electron chi connectivity index (χ1n) is 6.27. The van der Waals surface area contributed by atoms with Crippen LogP contribution in [0.2, 0.25) is 0 Å². The number of benzene rings is 1. The number of hydrogen-bond donors (Lipinski definition) is 1. The second-order valence-electron chi connectivity index (χ2n) is 4.59. The standard InChI is InChI=1S/C13H17N3O5/c1-14(8-3-9-15(2)13(18)19)12(17)10-4-6-11(7-5-10)16(20)21/h4-7H,3,8-9H2,1-2H3,(H,18,19). The molecule has 0 unspecified atom stereocenters. The van der Waals surface area contributed by atoms with Crippen molar-refractivity contribution in [2.45, 2.75) is 6.42 Å². The highest BCUT2D eigenvalue weighted by atomic mass is 16.6. The molecule has 0 fully saturated rings. The van der Waals surface area contributed by atoms with Gasteiger partial charge in [-0.3, -0.25) is 14.9 Å². The van der Waals surface area contributed by atoms with Gasteiger partial charge in [-0.15, -0.1) is 0 Å². The van der Waals surface area contributed by atoms with Crippen molar-refractivity contribution in [3.05, 3.63) is 39.9 Å². The number of nitro groups is 1. The van der Waals surface area contributed by atoms with Crippen LogP contribution < -0.4 is 0 Å². The fourth-order valence-electron chi connectivity index (χ4n) is 1.69. The van der Waals surface area contributed by atoms with E-state index >= 15 is 0 Å². The zero-order valence-corrected chi connectivity index (χ0v) is 11.9. The van der Waals surface area contributed by atoms with E-state index in [1.807, 2.05) is 0 Å². The van der Waals surface area contributed by atoms with Crippen molar-refractivity contribution >= 4 is 17.7 Å². The largest absolute Gasteiger partial charge is 0.465 e. The van der Waals surface area contributed by atoms with Gasteiger partial charge in [-0.1, -0.05) is 0 Å². The monoisotopic (exact) mass is 295 g/mol. The van der Waals surface area contributed by atoms with Gasteiger partial charge in [-0.05, 0) is 18.6 Å². The summed E-state index contributed by atoms with van der Waals surface area (Å²) in [6, 6.07) is 5.36. The van der Waals surface area contributed by atoms with Crippen LogP contribution in [0, 0.1) is 10.1 Å². The van der Waals surface area contributed by atoms with Crippen LogP contribution in [-0.2, 0) is 0 Å². The average Bonchev–Trinajstić information content (AvgIpc) is 2.46. The maximum Gasteiger partial charge on any atom is 0.407 e. The Labute approximate surface area is 121 Å². The number of carbonyl (C=O) groups excluding carboxylic acids is 1. The third-order valence-electron chi connectivity index (χ3n) is 2.99. The molecule has 114 valence electrons. The molecule has 1 aromatic carbocycles. The topological polar surface area (TPSA) is 104 Å². The maximum atomic E-state index is 12.1. The Hall–Kier alpha value is -2.64. The van der Waals surface area contributed by atoms with E-state index < -0.39 is 11.0 Å². The third-order valence-corrected chi connectivity index (χ3v) is 2.99. The molecule has 0 aromatic heterocycles. The van der Waals surface area contributed by atoms with Crippen molar-refractivity contribution in [3.63, 3.8) is 0 Å². The van der Waals surface area contributed by atoms with Crippen LogP contribution in [0.5, 0.6) is 0 Å². The molecule has 0 aliphatic rings. The smallest absolute Gasteiger partial charge is 0.407 e. The molecule has 0 spiro atoms. The van der Waals surface area contributed by atoms with Gasteiger partial charge in [0.25, 0.3) is 11.6 Å². The van der Waals surface area contributed by atoms with E-state index in [4.69, 9.17) is 5.11 Å². The Morgan fingerprint density at radius 1 is 1.14 bits per heavy atom. The van der Waals surface area contributed by atoms with Gasteiger partial charge < -0.3 is 14.9 Å². The second kappa shape index (κ2) is 7.22. The van der Waals surface area contributed by atoms with Crippen LogP contribution >= 0.6 is 0 Å². The number of nitro benzene ring substituents is 1. The number of carbonyl (C=O) groups is 2. The van der Waals surface area contributed by atoms with Crippen LogP contribution in [0.4, 0.5) is 10.5 Å². The molecule has 8 heteroatoms. The molecule has 1 aromatic rings. The number of hydrogen-bond acceptors (Lipinski definition) is 4. The highest BCUT2D eigenvalue weighted by Crippen LogP contribution is 2.13. The molecule has 0 atom stereocenters. The molecule has 0 radical (unpaired) electrons. The third kappa shape index (κ3) is 4.75. The van der Waals surface area contributed by atoms with Crippen molar-refractivity contribution in [1.29, 1.82) is 0 Å².